The fourth-order valence-corrected chi connectivity index (χ4v) is 2.91. The summed E-state index contributed by atoms with van der Waals surface area (Å²) >= 11 is 0. The van der Waals surface area contributed by atoms with Crippen molar-refractivity contribution in [1.29, 1.82) is 0 Å². The second-order valence-corrected chi connectivity index (χ2v) is 6.45. The number of rotatable bonds is 8. The first-order valence-corrected chi connectivity index (χ1v) is 9.24. The van der Waals surface area contributed by atoms with E-state index in [1.807, 2.05) is 44.2 Å². The maximum atomic E-state index is 12.2. The van der Waals surface area contributed by atoms with Crippen LogP contribution in [0.1, 0.15) is 19.4 Å². The van der Waals surface area contributed by atoms with E-state index >= 15 is 0 Å². The van der Waals surface area contributed by atoms with E-state index in [4.69, 9.17) is 9.47 Å². The van der Waals surface area contributed by atoms with Crippen molar-refractivity contribution in [2.75, 3.05) is 17.9 Å². The average molecular weight is 347 g/mol. The highest BCUT2D eigenvalue weighted by atomic mass is 32.2. The second-order valence-electron chi connectivity index (χ2n) is 4.89. The van der Waals surface area contributed by atoms with Gasteiger partial charge in [0.1, 0.15) is 0 Å². The maximum absolute atomic E-state index is 12.2. The van der Waals surface area contributed by atoms with Crippen LogP contribution in [0, 0.1) is 0 Å². The molecule has 0 amide bonds. The lowest BCUT2D eigenvalue weighted by Gasteiger charge is -2.12. The molecule has 2 aromatic rings. The Balaban J connectivity index is 2.16. The zero-order chi connectivity index (χ0) is 17.4. The molecule has 5 nitrogen and oxygen atoms in total. The smallest absolute Gasteiger partial charge is 0.255 e. The molecular weight excluding hydrogens is 326 g/mol. The molecule has 0 aliphatic heterocycles. The van der Waals surface area contributed by atoms with Gasteiger partial charge in [0.2, 0.25) is 0 Å². The minimum absolute atomic E-state index is 0.416. The Morgan fingerprint density at radius 2 is 1.62 bits per heavy atom. The minimum atomic E-state index is -3.62. The molecule has 0 bridgehead atoms. The van der Waals surface area contributed by atoms with Crippen LogP contribution >= 0.6 is 0 Å². The number of ether oxygens (including phenoxy) is 2. The van der Waals surface area contributed by atoms with Gasteiger partial charge in [0.05, 0.1) is 24.3 Å². The molecule has 2 rings (SSSR count). The molecule has 2 aromatic carbocycles. The van der Waals surface area contributed by atoms with Gasteiger partial charge < -0.3 is 9.47 Å². The van der Waals surface area contributed by atoms with E-state index < -0.39 is 10.0 Å². The van der Waals surface area contributed by atoms with Crippen LogP contribution in [-0.2, 0) is 10.0 Å². The summed E-state index contributed by atoms with van der Waals surface area (Å²) in [5.74, 6) is 1.09. The van der Waals surface area contributed by atoms with Gasteiger partial charge in [-0.1, -0.05) is 30.3 Å². The van der Waals surface area contributed by atoms with Gasteiger partial charge in [-0.15, -0.1) is 0 Å². The molecule has 0 heterocycles. The van der Waals surface area contributed by atoms with E-state index in [-0.39, 0.29) is 0 Å². The molecule has 6 heteroatoms. The zero-order valence-electron chi connectivity index (χ0n) is 13.7. The Labute approximate surface area is 143 Å². The highest BCUT2D eigenvalue weighted by Gasteiger charge is 2.10. The van der Waals surface area contributed by atoms with Gasteiger partial charge in [0, 0.05) is 6.07 Å². The van der Waals surface area contributed by atoms with Crippen LogP contribution < -0.4 is 14.2 Å². The molecule has 0 aromatic heterocycles. The van der Waals surface area contributed by atoms with Crippen molar-refractivity contribution in [3.8, 4) is 11.5 Å². The Morgan fingerprint density at radius 3 is 2.29 bits per heavy atom. The van der Waals surface area contributed by atoms with E-state index in [2.05, 4.69) is 4.72 Å². The standard InChI is InChI=1S/C18H21NO4S/c1-3-22-17-11-10-16(14-18(17)23-4-2)19-24(20,21)13-12-15-8-6-5-7-9-15/h5-14,19H,3-4H2,1-2H3. The summed E-state index contributed by atoms with van der Waals surface area (Å²) in [6, 6.07) is 14.2. The normalized spacial score (nSPS) is 11.4. The fourth-order valence-electron chi connectivity index (χ4n) is 2.05. The van der Waals surface area contributed by atoms with Crippen LogP contribution in [0.25, 0.3) is 6.08 Å². The molecule has 1 N–H and O–H groups in total. The molecular formula is C18H21NO4S. The van der Waals surface area contributed by atoms with Gasteiger partial charge in [0.25, 0.3) is 10.0 Å². The molecule has 0 saturated heterocycles. The van der Waals surface area contributed by atoms with Crippen molar-refractivity contribution in [3.05, 3.63) is 59.5 Å². The molecule has 0 aliphatic rings. The highest BCUT2D eigenvalue weighted by molar-refractivity contribution is 7.95. The summed E-state index contributed by atoms with van der Waals surface area (Å²) in [7, 11) is -3.62. The summed E-state index contributed by atoms with van der Waals surface area (Å²) in [5, 5.41) is 1.14. The van der Waals surface area contributed by atoms with Gasteiger partial charge in [-0.25, -0.2) is 8.42 Å². The van der Waals surface area contributed by atoms with Crippen LogP contribution in [0.5, 0.6) is 11.5 Å². The monoisotopic (exact) mass is 347 g/mol. The third-order valence-electron chi connectivity index (χ3n) is 3.04. The molecule has 0 unspecified atom stereocenters. The van der Waals surface area contributed by atoms with E-state index in [9.17, 15) is 8.42 Å². The van der Waals surface area contributed by atoms with Gasteiger partial charge in [-0.3, -0.25) is 4.72 Å². The number of benzene rings is 2. The molecule has 0 saturated carbocycles. The van der Waals surface area contributed by atoms with E-state index in [0.717, 1.165) is 11.0 Å². The summed E-state index contributed by atoms with van der Waals surface area (Å²) in [6.07, 6.45) is 1.54. The third-order valence-corrected chi connectivity index (χ3v) is 4.06. The molecule has 24 heavy (non-hydrogen) atoms. The van der Waals surface area contributed by atoms with Crippen LogP contribution in [0.2, 0.25) is 0 Å². The van der Waals surface area contributed by atoms with Gasteiger partial charge in [-0.2, -0.15) is 0 Å². The second kappa shape index (κ2) is 8.40. The minimum Gasteiger partial charge on any atom is -0.490 e. The van der Waals surface area contributed by atoms with Crippen LogP contribution in [0.3, 0.4) is 0 Å². The first-order valence-electron chi connectivity index (χ1n) is 7.69. The Kier molecular flexibility index (Phi) is 6.26. The fraction of sp³-hybridized carbons (Fsp3) is 0.222. The lowest BCUT2D eigenvalue weighted by atomic mass is 10.2. The number of hydrogen-bond acceptors (Lipinski definition) is 4. The highest BCUT2D eigenvalue weighted by Crippen LogP contribution is 2.31. The zero-order valence-corrected chi connectivity index (χ0v) is 14.5. The quantitative estimate of drug-likeness (QED) is 0.787. The number of hydrogen-bond donors (Lipinski definition) is 1. The van der Waals surface area contributed by atoms with Crippen molar-refractivity contribution in [3.63, 3.8) is 0 Å². The summed E-state index contributed by atoms with van der Waals surface area (Å²) in [5.41, 5.74) is 1.23. The van der Waals surface area contributed by atoms with Crippen molar-refractivity contribution in [2.45, 2.75) is 13.8 Å². The molecule has 0 atom stereocenters. The predicted molar refractivity (Wildman–Crippen MR) is 96.8 cm³/mol. The summed E-state index contributed by atoms with van der Waals surface area (Å²) in [6.45, 7) is 4.70. The Morgan fingerprint density at radius 1 is 0.958 bits per heavy atom. The summed E-state index contributed by atoms with van der Waals surface area (Å²) in [4.78, 5) is 0. The maximum Gasteiger partial charge on any atom is 0.255 e. The van der Waals surface area contributed by atoms with E-state index in [1.165, 1.54) is 0 Å². The van der Waals surface area contributed by atoms with E-state index in [1.54, 1.807) is 24.3 Å². The average Bonchev–Trinajstić information content (AvgIpc) is 2.57. The largest absolute Gasteiger partial charge is 0.490 e. The molecule has 0 radical (unpaired) electrons. The van der Waals surface area contributed by atoms with Crippen molar-refractivity contribution < 1.29 is 17.9 Å². The van der Waals surface area contributed by atoms with Crippen molar-refractivity contribution in [1.82, 2.24) is 0 Å². The molecule has 0 aliphatic carbocycles. The SMILES string of the molecule is CCOc1ccc(NS(=O)(=O)C=Cc2ccccc2)cc1OCC. The van der Waals surface area contributed by atoms with Gasteiger partial charge in [0.15, 0.2) is 11.5 Å². The summed E-state index contributed by atoms with van der Waals surface area (Å²) < 4.78 is 37.8. The molecule has 128 valence electrons. The number of nitrogens with one attached hydrogen (secondary N) is 1. The molecule has 0 spiro atoms. The number of sulfonamides is 1. The Hall–Kier alpha value is -2.47. The number of anilines is 1. The van der Waals surface area contributed by atoms with Crippen LogP contribution in [-0.4, -0.2) is 21.6 Å². The van der Waals surface area contributed by atoms with E-state index in [0.29, 0.717) is 30.4 Å². The predicted octanol–water partition coefficient (Wildman–Crippen LogP) is 3.90. The Bertz CT molecular complexity index is 786. The molecule has 0 fully saturated rings. The first kappa shape index (κ1) is 17.9. The third kappa shape index (κ3) is 5.31. The van der Waals surface area contributed by atoms with Crippen molar-refractivity contribution >= 4 is 21.8 Å². The topological polar surface area (TPSA) is 64.6 Å². The van der Waals surface area contributed by atoms with Gasteiger partial charge >= 0.3 is 0 Å². The van der Waals surface area contributed by atoms with Crippen LogP contribution in [0.4, 0.5) is 5.69 Å². The van der Waals surface area contributed by atoms with Crippen molar-refractivity contribution in [2.24, 2.45) is 0 Å². The first-order chi connectivity index (χ1) is 11.5. The van der Waals surface area contributed by atoms with Gasteiger partial charge in [-0.05, 0) is 37.6 Å². The lowest BCUT2D eigenvalue weighted by Crippen LogP contribution is -2.09. The lowest BCUT2D eigenvalue weighted by molar-refractivity contribution is 0.288. The van der Waals surface area contributed by atoms with Crippen LogP contribution in [0.15, 0.2) is 53.9 Å².